The third kappa shape index (κ3) is 3.12. The number of benzene rings is 2. The van der Waals surface area contributed by atoms with E-state index in [0.29, 0.717) is 16.8 Å². The molecule has 0 spiro atoms. The zero-order chi connectivity index (χ0) is 17.1. The minimum Gasteiger partial charge on any atom is -0.345 e. The second-order valence-corrected chi connectivity index (χ2v) is 5.14. The molecule has 0 aliphatic rings. The molecule has 1 unspecified atom stereocenters. The van der Waals surface area contributed by atoms with E-state index < -0.39 is 17.7 Å². The first-order chi connectivity index (χ1) is 11.6. The lowest BCUT2D eigenvalue weighted by Crippen LogP contribution is -2.27. The first kappa shape index (κ1) is 15.7. The Morgan fingerprint density at radius 2 is 1.96 bits per heavy atom. The third-order valence-electron chi connectivity index (χ3n) is 3.54. The number of aromatic nitrogens is 4. The van der Waals surface area contributed by atoms with Crippen LogP contribution in [0.1, 0.15) is 28.9 Å². The molecular weight excluding hydrogens is 316 g/mol. The molecule has 0 fully saturated rings. The molecule has 1 N–H and O–H groups in total. The number of para-hydroxylation sites is 1. The van der Waals surface area contributed by atoms with Crippen molar-refractivity contribution in [2.24, 2.45) is 0 Å². The van der Waals surface area contributed by atoms with Crippen LogP contribution < -0.4 is 5.32 Å². The van der Waals surface area contributed by atoms with E-state index in [2.05, 4.69) is 20.8 Å². The number of rotatable bonds is 4. The normalized spacial score (nSPS) is 12.0. The predicted octanol–water partition coefficient (Wildman–Crippen LogP) is 2.43. The van der Waals surface area contributed by atoms with Crippen LogP contribution in [0.4, 0.5) is 8.78 Å². The second-order valence-electron chi connectivity index (χ2n) is 5.14. The van der Waals surface area contributed by atoms with Crippen LogP contribution in [0.25, 0.3) is 5.69 Å². The Morgan fingerprint density at radius 1 is 1.17 bits per heavy atom. The molecule has 1 aromatic heterocycles. The summed E-state index contributed by atoms with van der Waals surface area (Å²) in [5.41, 5.74) is 1.33. The highest BCUT2D eigenvalue weighted by Gasteiger charge is 2.17. The predicted molar refractivity (Wildman–Crippen MR) is 81.4 cm³/mol. The van der Waals surface area contributed by atoms with Crippen LogP contribution in [0.5, 0.6) is 0 Å². The average Bonchev–Trinajstić information content (AvgIpc) is 3.11. The van der Waals surface area contributed by atoms with Gasteiger partial charge in [0, 0.05) is 0 Å². The molecule has 0 bridgehead atoms. The van der Waals surface area contributed by atoms with Crippen molar-refractivity contribution in [1.29, 1.82) is 0 Å². The van der Waals surface area contributed by atoms with Crippen molar-refractivity contribution in [1.82, 2.24) is 25.5 Å². The van der Waals surface area contributed by atoms with Crippen molar-refractivity contribution in [2.45, 2.75) is 13.0 Å². The van der Waals surface area contributed by atoms with E-state index in [0.717, 1.165) is 12.1 Å². The summed E-state index contributed by atoms with van der Waals surface area (Å²) >= 11 is 0. The van der Waals surface area contributed by atoms with Gasteiger partial charge in [-0.15, -0.1) is 5.10 Å². The van der Waals surface area contributed by atoms with Crippen molar-refractivity contribution in [3.8, 4) is 5.69 Å². The van der Waals surface area contributed by atoms with Crippen LogP contribution in [0, 0.1) is 11.6 Å². The van der Waals surface area contributed by atoms with Gasteiger partial charge in [-0.05, 0) is 47.2 Å². The fourth-order valence-corrected chi connectivity index (χ4v) is 2.28. The Kier molecular flexibility index (Phi) is 4.28. The molecule has 0 saturated heterocycles. The van der Waals surface area contributed by atoms with Crippen molar-refractivity contribution < 1.29 is 13.6 Å². The molecule has 3 rings (SSSR count). The van der Waals surface area contributed by atoms with E-state index >= 15 is 0 Å². The molecule has 0 aliphatic carbocycles. The number of nitrogens with one attached hydrogen (secondary N) is 1. The first-order valence-electron chi connectivity index (χ1n) is 7.14. The number of amides is 1. The van der Waals surface area contributed by atoms with Crippen LogP contribution >= 0.6 is 0 Å². The number of nitrogens with zero attached hydrogens (tertiary/aromatic N) is 4. The van der Waals surface area contributed by atoms with Gasteiger partial charge in [0.25, 0.3) is 5.91 Å². The lowest BCUT2D eigenvalue weighted by atomic mass is 10.1. The van der Waals surface area contributed by atoms with Crippen molar-refractivity contribution >= 4 is 5.91 Å². The fraction of sp³-hybridized carbons (Fsp3) is 0.125. The minimum atomic E-state index is -0.956. The lowest BCUT2D eigenvalue weighted by Gasteiger charge is -2.16. The number of hydrogen-bond donors (Lipinski definition) is 1. The molecule has 24 heavy (non-hydrogen) atoms. The van der Waals surface area contributed by atoms with Gasteiger partial charge in [-0.3, -0.25) is 4.79 Å². The minimum absolute atomic E-state index is 0.360. The smallest absolute Gasteiger partial charge is 0.253 e. The van der Waals surface area contributed by atoms with Gasteiger partial charge in [0.1, 0.15) is 6.33 Å². The van der Waals surface area contributed by atoms with Crippen molar-refractivity contribution in [3.05, 3.63) is 71.6 Å². The molecule has 1 amide bonds. The molecule has 3 aromatic rings. The number of carbonyl (C=O) groups excluding carboxylic acids is 1. The zero-order valence-electron chi connectivity index (χ0n) is 12.6. The standard InChI is InChI=1S/C16H13F2N5O/c1-10(11-6-7-13(17)14(18)8-11)20-16(24)12-4-2-3-5-15(12)23-9-19-21-22-23/h2-10H,1H3,(H,20,24). The van der Waals surface area contributed by atoms with Crippen LogP contribution in [-0.2, 0) is 0 Å². The maximum atomic E-state index is 13.3. The van der Waals surface area contributed by atoms with E-state index in [-0.39, 0.29) is 5.91 Å². The van der Waals surface area contributed by atoms with Crippen LogP contribution in [0.2, 0.25) is 0 Å². The summed E-state index contributed by atoms with van der Waals surface area (Å²) in [7, 11) is 0. The van der Waals surface area contributed by atoms with Gasteiger partial charge in [-0.1, -0.05) is 18.2 Å². The molecular formula is C16H13F2N5O. The Balaban J connectivity index is 1.84. The number of hydrogen-bond acceptors (Lipinski definition) is 4. The van der Waals surface area contributed by atoms with E-state index in [1.807, 2.05) is 0 Å². The zero-order valence-corrected chi connectivity index (χ0v) is 12.6. The largest absolute Gasteiger partial charge is 0.345 e. The quantitative estimate of drug-likeness (QED) is 0.798. The summed E-state index contributed by atoms with van der Waals surface area (Å²) in [5.74, 6) is -2.26. The van der Waals surface area contributed by atoms with Crippen LogP contribution in [-0.4, -0.2) is 26.1 Å². The summed E-state index contributed by atoms with van der Waals surface area (Å²) in [6, 6.07) is 9.82. The maximum Gasteiger partial charge on any atom is 0.253 e. The molecule has 0 saturated carbocycles. The highest BCUT2D eigenvalue weighted by Crippen LogP contribution is 2.18. The van der Waals surface area contributed by atoms with Gasteiger partial charge in [-0.2, -0.15) is 4.68 Å². The highest BCUT2D eigenvalue weighted by atomic mass is 19.2. The van der Waals surface area contributed by atoms with Gasteiger partial charge in [0.2, 0.25) is 0 Å². The Bertz CT molecular complexity index is 867. The van der Waals surface area contributed by atoms with Crippen molar-refractivity contribution in [3.63, 3.8) is 0 Å². The molecule has 0 aliphatic heterocycles. The Hall–Kier alpha value is -3.16. The molecule has 2 aromatic carbocycles. The van der Waals surface area contributed by atoms with Crippen LogP contribution in [0.15, 0.2) is 48.8 Å². The average molecular weight is 329 g/mol. The number of halogens is 2. The molecule has 8 heteroatoms. The second kappa shape index (κ2) is 6.53. The summed E-state index contributed by atoms with van der Waals surface area (Å²) in [5, 5.41) is 13.6. The maximum absolute atomic E-state index is 13.3. The van der Waals surface area contributed by atoms with Gasteiger partial charge in [-0.25, -0.2) is 8.78 Å². The monoisotopic (exact) mass is 329 g/mol. The fourth-order valence-electron chi connectivity index (χ4n) is 2.28. The van der Waals surface area contributed by atoms with E-state index in [4.69, 9.17) is 0 Å². The molecule has 1 atom stereocenters. The highest BCUT2D eigenvalue weighted by molar-refractivity contribution is 5.97. The van der Waals surface area contributed by atoms with E-state index in [9.17, 15) is 13.6 Å². The van der Waals surface area contributed by atoms with Crippen molar-refractivity contribution in [2.75, 3.05) is 0 Å². The third-order valence-corrected chi connectivity index (χ3v) is 3.54. The summed E-state index contributed by atoms with van der Waals surface area (Å²) in [6.07, 6.45) is 1.38. The Labute approximate surface area is 136 Å². The molecule has 6 nitrogen and oxygen atoms in total. The summed E-state index contributed by atoms with van der Waals surface area (Å²) in [4.78, 5) is 12.5. The van der Waals surface area contributed by atoms with E-state index in [1.54, 1.807) is 31.2 Å². The number of tetrazole rings is 1. The topological polar surface area (TPSA) is 72.7 Å². The lowest BCUT2D eigenvalue weighted by molar-refractivity contribution is 0.0939. The van der Waals surface area contributed by atoms with Gasteiger partial charge in [0.15, 0.2) is 11.6 Å². The molecule has 0 radical (unpaired) electrons. The number of carbonyl (C=O) groups is 1. The van der Waals surface area contributed by atoms with Gasteiger partial charge >= 0.3 is 0 Å². The molecule has 122 valence electrons. The summed E-state index contributed by atoms with van der Waals surface area (Å²) < 4.78 is 27.7. The first-order valence-corrected chi connectivity index (χ1v) is 7.14. The SMILES string of the molecule is CC(NC(=O)c1ccccc1-n1cnnn1)c1ccc(F)c(F)c1. The van der Waals surface area contributed by atoms with Gasteiger partial charge in [0.05, 0.1) is 17.3 Å². The Morgan fingerprint density at radius 3 is 2.67 bits per heavy atom. The van der Waals surface area contributed by atoms with E-state index in [1.165, 1.54) is 17.1 Å². The van der Waals surface area contributed by atoms with Gasteiger partial charge < -0.3 is 5.32 Å². The molecule has 1 heterocycles. The van der Waals surface area contributed by atoms with Crippen LogP contribution in [0.3, 0.4) is 0 Å². The summed E-state index contributed by atoms with van der Waals surface area (Å²) in [6.45, 7) is 1.68.